The number of aromatic nitrogens is 2. The van der Waals surface area contributed by atoms with Gasteiger partial charge in [-0.1, -0.05) is 24.2 Å². The summed E-state index contributed by atoms with van der Waals surface area (Å²) in [5, 5.41) is 4.02. The van der Waals surface area contributed by atoms with Crippen LogP contribution in [0.5, 0.6) is 0 Å². The summed E-state index contributed by atoms with van der Waals surface area (Å²) in [6.07, 6.45) is 10.6. The average molecular weight is 346 g/mol. The van der Waals surface area contributed by atoms with Crippen molar-refractivity contribution in [2.24, 2.45) is 5.92 Å². The van der Waals surface area contributed by atoms with Crippen LogP contribution in [-0.2, 0) is 11.3 Å². The fourth-order valence-corrected chi connectivity index (χ4v) is 4.00. The zero-order valence-corrected chi connectivity index (χ0v) is 15.5. The van der Waals surface area contributed by atoms with Gasteiger partial charge in [0, 0.05) is 32.5 Å². The van der Waals surface area contributed by atoms with Crippen molar-refractivity contribution in [3.8, 4) is 0 Å². The highest BCUT2D eigenvalue weighted by atomic mass is 16.5. The lowest BCUT2D eigenvalue weighted by atomic mass is 10.0. The summed E-state index contributed by atoms with van der Waals surface area (Å²) in [6, 6.07) is 0.480. The van der Waals surface area contributed by atoms with Crippen molar-refractivity contribution in [2.45, 2.75) is 65.0 Å². The fraction of sp³-hybridized carbons (Fsp3) is 0.737. The Morgan fingerprint density at radius 1 is 1.36 bits per heavy atom. The molecule has 0 spiro atoms. The first kappa shape index (κ1) is 18.1. The van der Waals surface area contributed by atoms with Gasteiger partial charge in [0.1, 0.15) is 0 Å². The highest BCUT2D eigenvalue weighted by Crippen LogP contribution is 2.23. The minimum Gasteiger partial charge on any atom is -0.343 e. The smallest absolute Gasteiger partial charge is 0.223 e. The Morgan fingerprint density at radius 2 is 2.24 bits per heavy atom. The molecule has 0 radical (unpaired) electrons. The number of carbonyl (C=O) groups is 1. The van der Waals surface area contributed by atoms with Crippen LogP contribution in [-0.4, -0.2) is 51.5 Å². The summed E-state index contributed by atoms with van der Waals surface area (Å²) < 4.78 is 5.09. The number of rotatable bonds is 6. The summed E-state index contributed by atoms with van der Waals surface area (Å²) in [5.41, 5.74) is 0. The lowest BCUT2D eigenvalue weighted by molar-refractivity contribution is -0.131. The van der Waals surface area contributed by atoms with E-state index in [-0.39, 0.29) is 0 Å². The van der Waals surface area contributed by atoms with Crippen molar-refractivity contribution >= 4 is 5.91 Å². The summed E-state index contributed by atoms with van der Waals surface area (Å²) in [7, 11) is 0. The third kappa shape index (κ3) is 4.91. The maximum absolute atomic E-state index is 12.6. The van der Waals surface area contributed by atoms with Crippen molar-refractivity contribution in [1.29, 1.82) is 0 Å². The number of aryl methyl sites for hydroxylation is 1. The second-order valence-electron chi connectivity index (χ2n) is 7.23. The molecular weight excluding hydrogens is 316 g/mol. The average Bonchev–Trinajstić information content (AvgIpc) is 3.18. The van der Waals surface area contributed by atoms with Gasteiger partial charge in [0.15, 0.2) is 5.82 Å². The third-order valence-corrected chi connectivity index (χ3v) is 5.44. The van der Waals surface area contributed by atoms with Gasteiger partial charge in [-0.25, -0.2) is 0 Å². The van der Waals surface area contributed by atoms with Gasteiger partial charge in [0.05, 0.1) is 6.54 Å². The third-order valence-electron chi connectivity index (χ3n) is 5.44. The van der Waals surface area contributed by atoms with Gasteiger partial charge < -0.3 is 9.42 Å². The molecule has 2 aliphatic rings. The Bertz CT molecular complexity index is 598. The van der Waals surface area contributed by atoms with Crippen LogP contribution in [0.25, 0.3) is 0 Å². The molecule has 138 valence electrons. The molecule has 25 heavy (non-hydrogen) atoms. The van der Waals surface area contributed by atoms with E-state index < -0.39 is 0 Å². The minimum atomic E-state index is 0.328. The first-order valence-electron chi connectivity index (χ1n) is 9.63. The van der Waals surface area contributed by atoms with Gasteiger partial charge in [-0.2, -0.15) is 4.98 Å². The van der Waals surface area contributed by atoms with E-state index in [1.54, 1.807) is 0 Å². The molecule has 3 rings (SSSR count). The number of carbonyl (C=O) groups excluding carboxylic acids is 1. The zero-order valence-electron chi connectivity index (χ0n) is 15.5. The van der Waals surface area contributed by atoms with Crippen LogP contribution in [0.2, 0.25) is 0 Å². The van der Waals surface area contributed by atoms with Gasteiger partial charge in [0.2, 0.25) is 11.8 Å². The fourth-order valence-electron chi connectivity index (χ4n) is 4.00. The van der Waals surface area contributed by atoms with E-state index in [0.29, 0.717) is 30.2 Å². The van der Waals surface area contributed by atoms with E-state index >= 15 is 0 Å². The van der Waals surface area contributed by atoms with Crippen molar-refractivity contribution < 1.29 is 9.32 Å². The van der Waals surface area contributed by atoms with E-state index in [4.69, 9.17) is 4.52 Å². The molecule has 1 aliphatic heterocycles. The second kappa shape index (κ2) is 8.61. The molecule has 0 N–H and O–H groups in total. The molecule has 1 amide bonds. The molecule has 6 heteroatoms. The molecule has 1 aliphatic carbocycles. The minimum absolute atomic E-state index is 0.328. The predicted molar refractivity (Wildman–Crippen MR) is 95.8 cm³/mol. The molecule has 1 aromatic rings. The highest BCUT2D eigenvalue weighted by Gasteiger charge is 2.26. The van der Waals surface area contributed by atoms with E-state index in [0.717, 1.165) is 64.1 Å². The van der Waals surface area contributed by atoms with Gasteiger partial charge in [-0.15, -0.1) is 0 Å². The molecule has 0 bridgehead atoms. The summed E-state index contributed by atoms with van der Waals surface area (Å²) in [6.45, 7) is 7.43. The number of allylic oxidation sites excluding steroid dienone is 2. The van der Waals surface area contributed by atoms with Gasteiger partial charge in [0.25, 0.3) is 0 Å². The summed E-state index contributed by atoms with van der Waals surface area (Å²) in [4.78, 5) is 21.4. The van der Waals surface area contributed by atoms with Crippen LogP contribution < -0.4 is 0 Å². The van der Waals surface area contributed by atoms with Crippen LogP contribution in [0.4, 0.5) is 0 Å². The van der Waals surface area contributed by atoms with Crippen LogP contribution in [0.15, 0.2) is 16.7 Å². The maximum Gasteiger partial charge on any atom is 0.223 e. The van der Waals surface area contributed by atoms with Crippen LogP contribution in [0, 0.1) is 12.8 Å². The van der Waals surface area contributed by atoms with Crippen molar-refractivity contribution in [3.63, 3.8) is 0 Å². The van der Waals surface area contributed by atoms with Gasteiger partial charge >= 0.3 is 0 Å². The van der Waals surface area contributed by atoms with Crippen LogP contribution in [0.1, 0.15) is 57.2 Å². The number of amides is 1. The number of hydrogen-bond donors (Lipinski definition) is 0. The maximum atomic E-state index is 12.6. The van der Waals surface area contributed by atoms with Crippen molar-refractivity contribution in [1.82, 2.24) is 19.9 Å². The Balaban J connectivity index is 1.52. The van der Waals surface area contributed by atoms with Crippen LogP contribution >= 0.6 is 0 Å². The molecule has 6 nitrogen and oxygen atoms in total. The van der Waals surface area contributed by atoms with E-state index in [2.05, 4.69) is 39.0 Å². The first-order chi connectivity index (χ1) is 12.2. The standard InChI is InChI=1S/C19H30N4O2/c1-3-22(14-18-20-15(2)25-21-18)17-9-6-11-23(12-10-17)19(24)13-16-7-4-5-8-16/h4,7,16-17H,3,5-6,8-14H2,1-2H3/t16-,17+/m0/s1. The van der Waals surface area contributed by atoms with E-state index in [1.807, 2.05) is 6.92 Å². The van der Waals surface area contributed by atoms with E-state index in [9.17, 15) is 4.79 Å². The molecule has 2 atom stereocenters. The summed E-state index contributed by atoms with van der Waals surface area (Å²) >= 11 is 0. The molecule has 1 aromatic heterocycles. The summed E-state index contributed by atoms with van der Waals surface area (Å²) in [5.74, 6) is 2.16. The molecule has 1 saturated heterocycles. The zero-order chi connectivity index (χ0) is 17.6. The second-order valence-corrected chi connectivity index (χ2v) is 7.23. The van der Waals surface area contributed by atoms with Gasteiger partial charge in [-0.3, -0.25) is 9.69 Å². The first-order valence-corrected chi connectivity index (χ1v) is 9.63. The Morgan fingerprint density at radius 3 is 2.92 bits per heavy atom. The van der Waals surface area contributed by atoms with Crippen LogP contribution in [0.3, 0.4) is 0 Å². The highest BCUT2D eigenvalue weighted by molar-refractivity contribution is 5.76. The quantitative estimate of drug-likeness (QED) is 0.741. The lowest BCUT2D eigenvalue weighted by Crippen LogP contribution is -2.37. The molecule has 0 aromatic carbocycles. The predicted octanol–water partition coefficient (Wildman–Crippen LogP) is 2.94. The molecule has 1 fully saturated rings. The molecular formula is C19H30N4O2. The topological polar surface area (TPSA) is 62.5 Å². The molecule has 0 saturated carbocycles. The number of likely N-dealkylation sites (tertiary alicyclic amines) is 1. The Hall–Kier alpha value is -1.69. The Kier molecular flexibility index (Phi) is 6.24. The van der Waals surface area contributed by atoms with E-state index in [1.165, 1.54) is 0 Å². The lowest BCUT2D eigenvalue weighted by Gasteiger charge is -2.29. The van der Waals surface area contributed by atoms with Gasteiger partial charge in [-0.05, 0) is 44.6 Å². The normalized spacial score (nSPS) is 24.0. The monoisotopic (exact) mass is 346 g/mol. The number of hydrogen-bond acceptors (Lipinski definition) is 5. The number of nitrogens with zero attached hydrogens (tertiary/aromatic N) is 4. The molecule has 2 heterocycles. The molecule has 0 unspecified atom stereocenters. The van der Waals surface area contributed by atoms with Crippen molar-refractivity contribution in [3.05, 3.63) is 23.9 Å². The SMILES string of the molecule is CCN(Cc1noc(C)n1)[C@@H]1CCCN(C(=O)C[C@H]2C=CCC2)CC1. The Labute approximate surface area is 150 Å². The van der Waals surface area contributed by atoms with Crippen molar-refractivity contribution in [2.75, 3.05) is 19.6 Å². The largest absolute Gasteiger partial charge is 0.343 e.